The van der Waals surface area contributed by atoms with Gasteiger partial charge in [0.1, 0.15) is 11.9 Å². The van der Waals surface area contributed by atoms with Gasteiger partial charge in [-0.1, -0.05) is 44.2 Å². The number of methoxy groups -OCH3 is 1. The highest BCUT2D eigenvalue weighted by Gasteiger charge is 2.49. The number of anilines is 1. The van der Waals surface area contributed by atoms with Crippen LogP contribution in [-0.4, -0.2) is 39.7 Å². The molecule has 5 rings (SSSR count). The van der Waals surface area contributed by atoms with Crippen LogP contribution in [0.3, 0.4) is 0 Å². The fourth-order valence-electron chi connectivity index (χ4n) is 5.01. The first-order valence-electron chi connectivity index (χ1n) is 11.2. The number of nitrogens with zero attached hydrogens (tertiary/aromatic N) is 5. The second kappa shape index (κ2) is 7.81. The predicted octanol–water partition coefficient (Wildman–Crippen LogP) is 3.50. The van der Waals surface area contributed by atoms with Crippen molar-refractivity contribution in [3.05, 3.63) is 70.9 Å². The van der Waals surface area contributed by atoms with E-state index < -0.39 is 5.60 Å². The highest BCUT2D eigenvalue weighted by Crippen LogP contribution is 2.49. The Morgan fingerprint density at radius 3 is 2.56 bits per heavy atom. The minimum absolute atomic E-state index is 0.0597. The summed E-state index contributed by atoms with van der Waals surface area (Å²) in [5.74, 6) is 1.13. The molecule has 0 saturated heterocycles. The van der Waals surface area contributed by atoms with Gasteiger partial charge in [0.15, 0.2) is 0 Å². The van der Waals surface area contributed by atoms with E-state index in [9.17, 15) is 4.79 Å². The van der Waals surface area contributed by atoms with Gasteiger partial charge < -0.3 is 9.64 Å². The van der Waals surface area contributed by atoms with Gasteiger partial charge in [0.2, 0.25) is 5.95 Å². The second-order valence-corrected chi connectivity index (χ2v) is 9.71. The molecule has 3 aromatic rings. The monoisotopic (exact) mass is 431 g/mol. The maximum absolute atomic E-state index is 13.2. The highest BCUT2D eigenvalue weighted by atomic mass is 16.5. The summed E-state index contributed by atoms with van der Waals surface area (Å²) in [6.45, 7) is 6.45. The summed E-state index contributed by atoms with van der Waals surface area (Å²) in [4.78, 5) is 28.6. The van der Waals surface area contributed by atoms with E-state index in [1.807, 2.05) is 6.07 Å². The predicted molar refractivity (Wildman–Crippen MR) is 123 cm³/mol. The van der Waals surface area contributed by atoms with Crippen molar-refractivity contribution in [3.8, 4) is 11.4 Å². The molecule has 1 unspecified atom stereocenters. The van der Waals surface area contributed by atoms with Gasteiger partial charge in [0.25, 0.3) is 5.56 Å². The normalized spacial score (nSPS) is 19.3. The third-order valence-electron chi connectivity index (χ3n) is 6.61. The number of fused-ring (bicyclic) bond motifs is 1. The van der Waals surface area contributed by atoms with Crippen LogP contribution in [0, 0.1) is 11.3 Å². The molecule has 166 valence electrons. The molecule has 0 bridgehead atoms. The van der Waals surface area contributed by atoms with Gasteiger partial charge in [-0.15, -0.1) is 0 Å². The Morgan fingerprint density at radius 2 is 1.91 bits per heavy atom. The molecule has 7 heteroatoms. The van der Waals surface area contributed by atoms with Crippen molar-refractivity contribution in [1.82, 2.24) is 19.5 Å². The van der Waals surface area contributed by atoms with Crippen LogP contribution in [0.25, 0.3) is 11.4 Å². The van der Waals surface area contributed by atoms with Crippen LogP contribution in [0.4, 0.5) is 5.95 Å². The van der Waals surface area contributed by atoms with Crippen molar-refractivity contribution in [3.63, 3.8) is 0 Å². The van der Waals surface area contributed by atoms with Crippen molar-refractivity contribution in [2.45, 2.75) is 38.8 Å². The average molecular weight is 432 g/mol. The van der Waals surface area contributed by atoms with Crippen LogP contribution in [0.2, 0.25) is 0 Å². The Kier molecular flexibility index (Phi) is 5.08. The third-order valence-corrected chi connectivity index (χ3v) is 6.61. The summed E-state index contributed by atoms with van der Waals surface area (Å²) in [6.07, 6.45) is 5.43. The standard InChI is InChI=1S/C25H29N5O2/c1-24(2)14-29(16-25(32-3,19-9-10-19)18-7-5-4-6-8-18)23-28-21(13-22(31)30(23)15-24)20-11-12-26-17-27-20/h4-8,11-13,17,19H,9-10,14-16H2,1-3H3. The molecule has 1 fully saturated rings. The van der Waals surface area contributed by atoms with E-state index in [2.05, 4.69) is 53.0 Å². The summed E-state index contributed by atoms with van der Waals surface area (Å²) >= 11 is 0. The van der Waals surface area contributed by atoms with E-state index in [1.165, 1.54) is 11.9 Å². The maximum atomic E-state index is 13.2. The third kappa shape index (κ3) is 3.71. The quantitative estimate of drug-likeness (QED) is 0.595. The molecule has 0 amide bonds. The number of aromatic nitrogens is 4. The van der Waals surface area contributed by atoms with E-state index in [1.54, 1.807) is 30.0 Å². The zero-order chi connectivity index (χ0) is 22.3. The molecule has 32 heavy (non-hydrogen) atoms. The Bertz CT molecular complexity index is 1160. The number of rotatable bonds is 6. The summed E-state index contributed by atoms with van der Waals surface area (Å²) in [5, 5.41) is 0. The van der Waals surface area contributed by atoms with Gasteiger partial charge in [-0.3, -0.25) is 9.36 Å². The topological polar surface area (TPSA) is 73.1 Å². The van der Waals surface area contributed by atoms with Crippen molar-refractivity contribution < 1.29 is 4.74 Å². The molecule has 0 N–H and O–H groups in total. The van der Waals surface area contributed by atoms with Gasteiger partial charge in [-0.2, -0.15) is 0 Å². The van der Waals surface area contributed by atoms with E-state index in [-0.39, 0.29) is 11.0 Å². The van der Waals surface area contributed by atoms with Gasteiger partial charge in [-0.25, -0.2) is 15.0 Å². The molecule has 2 aliphatic rings. The largest absolute Gasteiger partial charge is 0.371 e. The van der Waals surface area contributed by atoms with Crippen molar-refractivity contribution in [2.75, 3.05) is 25.1 Å². The van der Waals surface area contributed by atoms with Crippen LogP contribution >= 0.6 is 0 Å². The molecule has 1 atom stereocenters. The van der Waals surface area contributed by atoms with Gasteiger partial charge in [0, 0.05) is 37.9 Å². The number of hydrogen-bond donors (Lipinski definition) is 0. The van der Waals surface area contributed by atoms with Crippen molar-refractivity contribution >= 4 is 5.95 Å². The zero-order valence-corrected chi connectivity index (χ0v) is 18.9. The Balaban J connectivity index is 1.62. The molecule has 2 aromatic heterocycles. The number of ether oxygens (including phenoxy) is 1. The summed E-state index contributed by atoms with van der Waals surface area (Å²) in [7, 11) is 1.80. The Morgan fingerprint density at radius 1 is 1.12 bits per heavy atom. The molecule has 1 saturated carbocycles. The maximum Gasteiger partial charge on any atom is 0.255 e. The molecule has 1 aromatic carbocycles. The lowest BCUT2D eigenvalue weighted by atomic mass is 9.85. The van der Waals surface area contributed by atoms with Crippen LogP contribution in [0.15, 0.2) is 59.8 Å². The highest BCUT2D eigenvalue weighted by molar-refractivity contribution is 5.55. The van der Waals surface area contributed by atoms with E-state index in [0.717, 1.165) is 19.4 Å². The first-order valence-corrected chi connectivity index (χ1v) is 11.2. The lowest BCUT2D eigenvalue weighted by Crippen LogP contribution is -2.53. The fraction of sp³-hybridized carbons (Fsp3) is 0.440. The molecular weight excluding hydrogens is 402 g/mol. The fourth-order valence-corrected chi connectivity index (χ4v) is 5.01. The van der Waals surface area contributed by atoms with Gasteiger partial charge >= 0.3 is 0 Å². The minimum atomic E-state index is -0.442. The molecule has 0 spiro atoms. The molecule has 1 aliphatic heterocycles. The lowest BCUT2D eigenvalue weighted by molar-refractivity contribution is -0.0302. The Labute approximate surface area is 188 Å². The molecule has 7 nitrogen and oxygen atoms in total. The zero-order valence-electron chi connectivity index (χ0n) is 18.9. The summed E-state index contributed by atoms with van der Waals surface area (Å²) in [5.41, 5.74) is 1.82. The first kappa shape index (κ1) is 20.8. The minimum Gasteiger partial charge on any atom is -0.371 e. The van der Waals surface area contributed by atoms with Crippen molar-refractivity contribution in [2.24, 2.45) is 11.3 Å². The molecule has 3 heterocycles. The molecule has 0 radical (unpaired) electrons. The van der Waals surface area contributed by atoms with Gasteiger partial charge in [-0.05, 0) is 30.4 Å². The van der Waals surface area contributed by atoms with Gasteiger partial charge in [0.05, 0.1) is 17.9 Å². The SMILES string of the molecule is COC(CN1CC(C)(C)Cn2c1nc(-c1ccncn1)cc2=O)(c1ccccc1)C1CC1. The van der Waals surface area contributed by atoms with Crippen molar-refractivity contribution in [1.29, 1.82) is 0 Å². The smallest absolute Gasteiger partial charge is 0.255 e. The van der Waals surface area contributed by atoms with E-state index in [4.69, 9.17) is 9.72 Å². The number of benzene rings is 1. The Hall–Kier alpha value is -3.06. The summed E-state index contributed by atoms with van der Waals surface area (Å²) < 4.78 is 8.10. The van der Waals surface area contributed by atoms with Crippen LogP contribution in [0.1, 0.15) is 32.3 Å². The second-order valence-electron chi connectivity index (χ2n) is 9.71. The lowest BCUT2D eigenvalue weighted by Gasteiger charge is -2.45. The number of hydrogen-bond acceptors (Lipinski definition) is 6. The molecule has 1 aliphatic carbocycles. The van der Waals surface area contributed by atoms with Crippen LogP contribution in [0.5, 0.6) is 0 Å². The van der Waals surface area contributed by atoms with E-state index >= 15 is 0 Å². The summed E-state index contributed by atoms with van der Waals surface area (Å²) in [6, 6.07) is 13.8. The van der Waals surface area contributed by atoms with Crippen LogP contribution in [-0.2, 0) is 16.9 Å². The van der Waals surface area contributed by atoms with Crippen LogP contribution < -0.4 is 10.5 Å². The molecular formula is C25H29N5O2. The van der Waals surface area contributed by atoms with E-state index in [0.29, 0.717) is 36.3 Å². The average Bonchev–Trinajstić information content (AvgIpc) is 3.64. The first-order chi connectivity index (χ1) is 15.4.